The molecule has 0 saturated heterocycles. The highest BCUT2D eigenvalue weighted by Gasteiger charge is 2.20. The summed E-state index contributed by atoms with van der Waals surface area (Å²) in [6, 6.07) is 3.44. The molecule has 0 unspecified atom stereocenters. The Morgan fingerprint density at radius 2 is 2.31 bits per heavy atom. The van der Waals surface area contributed by atoms with Crippen molar-refractivity contribution in [1.29, 1.82) is 0 Å². The highest BCUT2D eigenvalue weighted by atomic mass is 16.5. The van der Waals surface area contributed by atoms with Crippen molar-refractivity contribution < 1.29 is 4.74 Å². The first-order chi connectivity index (χ1) is 7.79. The molecule has 0 amide bonds. The van der Waals surface area contributed by atoms with Crippen molar-refractivity contribution in [2.45, 2.75) is 19.4 Å². The molecule has 1 aliphatic rings. The fourth-order valence-electron chi connectivity index (χ4n) is 1.58. The van der Waals surface area contributed by atoms with Crippen LogP contribution in [0.1, 0.15) is 12.8 Å². The van der Waals surface area contributed by atoms with Gasteiger partial charge in [0.2, 0.25) is 0 Å². The lowest BCUT2D eigenvalue weighted by Gasteiger charge is -2.09. The Hall–Kier alpha value is -1.29. The summed E-state index contributed by atoms with van der Waals surface area (Å²) in [6.07, 6.45) is 4.52. The number of nitrogens with zero attached hydrogens (tertiary/aromatic N) is 1. The number of pyridine rings is 1. The number of rotatable bonds is 6. The van der Waals surface area contributed by atoms with Gasteiger partial charge in [0.15, 0.2) is 0 Å². The second-order valence-electron chi connectivity index (χ2n) is 4.27. The van der Waals surface area contributed by atoms with Crippen LogP contribution in [0.4, 0.5) is 5.69 Å². The van der Waals surface area contributed by atoms with E-state index in [0.717, 1.165) is 18.2 Å². The standard InChI is InChI=1S/C12H18N2O2/c1-16-7-6-14-9-11(4-5-12(14)15)13-8-10-2-3-10/h4-5,9-10,13H,2-3,6-8H2,1H3. The van der Waals surface area contributed by atoms with E-state index in [2.05, 4.69) is 5.32 Å². The molecule has 16 heavy (non-hydrogen) atoms. The number of nitrogens with one attached hydrogen (secondary N) is 1. The fourth-order valence-corrected chi connectivity index (χ4v) is 1.58. The molecular weight excluding hydrogens is 204 g/mol. The maximum Gasteiger partial charge on any atom is 0.250 e. The van der Waals surface area contributed by atoms with Gasteiger partial charge in [-0.05, 0) is 24.8 Å². The molecule has 0 spiro atoms. The molecule has 1 fully saturated rings. The van der Waals surface area contributed by atoms with Gasteiger partial charge in [-0.2, -0.15) is 0 Å². The molecular formula is C12H18N2O2. The number of aromatic nitrogens is 1. The second kappa shape index (κ2) is 5.16. The molecule has 0 aromatic carbocycles. The van der Waals surface area contributed by atoms with Crippen LogP contribution in [0.2, 0.25) is 0 Å². The topological polar surface area (TPSA) is 43.3 Å². The van der Waals surface area contributed by atoms with E-state index >= 15 is 0 Å². The SMILES string of the molecule is COCCn1cc(NCC2CC2)ccc1=O. The molecule has 2 rings (SSSR count). The molecule has 4 heteroatoms. The third kappa shape index (κ3) is 3.10. The second-order valence-corrected chi connectivity index (χ2v) is 4.27. The van der Waals surface area contributed by atoms with Gasteiger partial charge in [-0.15, -0.1) is 0 Å². The largest absolute Gasteiger partial charge is 0.384 e. The van der Waals surface area contributed by atoms with E-state index in [4.69, 9.17) is 4.74 Å². The van der Waals surface area contributed by atoms with Gasteiger partial charge in [-0.25, -0.2) is 0 Å². The maximum atomic E-state index is 11.5. The van der Waals surface area contributed by atoms with E-state index in [-0.39, 0.29) is 5.56 Å². The Bertz CT molecular complexity index is 396. The average Bonchev–Trinajstić information content (AvgIpc) is 3.10. The van der Waals surface area contributed by atoms with Crippen molar-refractivity contribution in [1.82, 2.24) is 4.57 Å². The Balaban J connectivity index is 1.98. The number of methoxy groups -OCH3 is 1. The van der Waals surface area contributed by atoms with Crippen molar-refractivity contribution in [2.24, 2.45) is 5.92 Å². The van der Waals surface area contributed by atoms with Gasteiger partial charge in [-0.1, -0.05) is 0 Å². The third-order valence-corrected chi connectivity index (χ3v) is 2.81. The lowest BCUT2D eigenvalue weighted by Crippen LogP contribution is -2.21. The highest BCUT2D eigenvalue weighted by molar-refractivity contribution is 5.40. The monoisotopic (exact) mass is 222 g/mol. The Morgan fingerprint density at radius 3 is 3.00 bits per heavy atom. The van der Waals surface area contributed by atoms with Crippen molar-refractivity contribution in [3.63, 3.8) is 0 Å². The van der Waals surface area contributed by atoms with Gasteiger partial charge in [0.25, 0.3) is 5.56 Å². The molecule has 88 valence electrons. The Morgan fingerprint density at radius 1 is 1.50 bits per heavy atom. The molecule has 1 saturated carbocycles. The van der Waals surface area contributed by atoms with E-state index in [1.165, 1.54) is 12.8 Å². The Kier molecular flexibility index (Phi) is 3.62. The molecule has 4 nitrogen and oxygen atoms in total. The van der Waals surface area contributed by atoms with Crippen LogP contribution >= 0.6 is 0 Å². The summed E-state index contributed by atoms with van der Waals surface area (Å²) >= 11 is 0. The minimum absolute atomic E-state index is 0.0222. The van der Waals surface area contributed by atoms with Gasteiger partial charge in [0.1, 0.15) is 0 Å². The van der Waals surface area contributed by atoms with Gasteiger partial charge < -0.3 is 14.6 Å². The summed E-state index contributed by atoms with van der Waals surface area (Å²) in [4.78, 5) is 11.5. The van der Waals surface area contributed by atoms with Crippen LogP contribution in [0.25, 0.3) is 0 Å². The summed E-state index contributed by atoms with van der Waals surface area (Å²) in [6.45, 7) is 2.18. The minimum atomic E-state index is 0.0222. The third-order valence-electron chi connectivity index (χ3n) is 2.81. The summed E-state index contributed by atoms with van der Waals surface area (Å²) < 4.78 is 6.65. The average molecular weight is 222 g/mol. The first kappa shape index (κ1) is 11.2. The first-order valence-electron chi connectivity index (χ1n) is 5.73. The summed E-state index contributed by atoms with van der Waals surface area (Å²) in [7, 11) is 1.64. The number of anilines is 1. The smallest absolute Gasteiger partial charge is 0.250 e. The van der Waals surface area contributed by atoms with Gasteiger partial charge >= 0.3 is 0 Å². The zero-order valence-electron chi connectivity index (χ0n) is 9.61. The number of hydrogen-bond donors (Lipinski definition) is 1. The molecule has 1 aromatic heterocycles. The molecule has 0 atom stereocenters. The molecule has 0 radical (unpaired) electrons. The summed E-state index contributed by atoms with van der Waals surface area (Å²) in [5, 5.41) is 3.35. The van der Waals surface area contributed by atoms with Crippen molar-refractivity contribution in [3.8, 4) is 0 Å². The van der Waals surface area contributed by atoms with Crippen LogP contribution in [0, 0.1) is 5.92 Å². The molecule has 1 heterocycles. The zero-order valence-corrected chi connectivity index (χ0v) is 9.61. The van der Waals surface area contributed by atoms with Gasteiger partial charge in [-0.3, -0.25) is 4.79 Å². The molecule has 1 aliphatic carbocycles. The minimum Gasteiger partial charge on any atom is -0.384 e. The van der Waals surface area contributed by atoms with Crippen LogP contribution in [0.15, 0.2) is 23.1 Å². The number of ether oxygens (including phenoxy) is 1. The quantitative estimate of drug-likeness (QED) is 0.789. The van der Waals surface area contributed by atoms with Crippen LogP contribution < -0.4 is 10.9 Å². The van der Waals surface area contributed by atoms with E-state index < -0.39 is 0 Å². The highest BCUT2D eigenvalue weighted by Crippen LogP contribution is 2.28. The lowest BCUT2D eigenvalue weighted by atomic mass is 10.3. The fraction of sp³-hybridized carbons (Fsp3) is 0.583. The van der Waals surface area contributed by atoms with E-state index in [9.17, 15) is 4.79 Å². The molecule has 1 N–H and O–H groups in total. The van der Waals surface area contributed by atoms with Gasteiger partial charge in [0.05, 0.1) is 12.3 Å². The number of hydrogen-bond acceptors (Lipinski definition) is 3. The summed E-state index contributed by atoms with van der Waals surface area (Å²) in [5.41, 5.74) is 1.04. The Labute approximate surface area is 95.2 Å². The van der Waals surface area contributed by atoms with Crippen molar-refractivity contribution in [3.05, 3.63) is 28.7 Å². The van der Waals surface area contributed by atoms with Crippen LogP contribution in [-0.4, -0.2) is 24.8 Å². The van der Waals surface area contributed by atoms with Crippen LogP contribution in [-0.2, 0) is 11.3 Å². The maximum absolute atomic E-state index is 11.5. The van der Waals surface area contributed by atoms with E-state index in [1.54, 1.807) is 17.7 Å². The van der Waals surface area contributed by atoms with Crippen molar-refractivity contribution >= 4 is 5.69 Å². The first-order valence-corrected chi connectivity index (χ1v) is 5.73. The lowest BCUT2D eigenvalue weighted by molar-refractivity contribution is 0.186. The molecule has 1 aromatic rings. The van der Waals surface area contributed by atoms with Crippen LogP contribution in [0.5, 0.6) is 0 Å². The zero-order chi connectivity index (χ0) is 11.4. The predicted octanol–water partition coefficient (Wildman–Crippen LogP) is 1.32. The normalized spacial score (nSPS) is 15.1. The van der Waals surface area contributed by atoms with Gasteiger partial charge in [0, 0.05) is 32.5 Å². The molecule has 0 aliphatic heterocycles. The van der Waals surface area contributed by atoms with E-state index in [1.807, 2.05) is 12.3 Å². The van der Waals surface area contributed by atoms with E-state index in [0.29, 0.717) is 13.2 Å². The summed E-state index contributed by atoms with van der Waals surface area (Å²) in [5.74, 6) is 0.833. The predicted molar refractivity (Wildman–Crippen MR) is 63.8 cm³/mol. The van der Waals surface area contributed by atoms with Crippen LogP contribution in [0.3, 0.4) is 0 Å². The van der Waals surface area contributed by atoms with Crippen molar-refractivity contribution in [2.75, 3.05) is 25.6 Å². The molecule has 0 bridgehead atoms.